The Morgan fingerprint density at radius 3 is 2.54 bits per heavy atom. The SMILES string of the molecule is C=S(C)(=O)Nc1cc2nn(-c3ccc(Cl)cc3)c(C(=O)NC)c2cc1C1CC1. The average molecular weight is 417 g/mol. The van der Waals surface area contributed by atoms with E-state index in [4.69, 9.17) is 11.6 Å². The van der Waals surface area contributed by atoms with Crippen molar-refractivity contribution < 1.29 is 9.00 Å². The highest BCUT2D eigenvalue weighted by molar-refractivity contribution is 8.00. The van der Waals surface area contributed by atoms with Crippen LogP contribution < -0.4 is 10.0 Å². The number of hydrogen-bond acceptors (Lipinski definition) is 3. The number of nitrogens with zero attached hydrogens (tertiary/aromatic N) is 2. The number of carbonyl (C=O) groups is 1. The molecule has 1 aliphatic carbocycles. The fourth-order valence-corrected chi connectivity index (χ4v) is 4.08. The molecule has 28 heavy (non-hydrogen) atoms. The molecule has 6 nitrogen and oxygen atoms in total. The van der Waals surface area contributed by atoms with Gasteiger partial charge < -0.3 is 10.0 Å². The molecule has 1 aromatic heterocycles. The van der Waals surface area contributed by atoms with E-state index >= 15 is 0 Å². The molecule has 8 heteroatoms. The molecular weight excluding hydrogens is 396 g/mol. The first-order valence-corrected chi connectivity index (χ1v) is 11.4. The number of anilines is 1. The first-order valence-electron chi connectivity index (χ1n) is 8.91. The Labute approximate surface area is 169 Å². The summed E-state index contributed by atoms with van der Waals surface area (Å²) >= 11 is 6.00. The number of rotatable bonds is 5. The van der Waals surface area contributed by atoms with Crippen LogP contribution in [-0.2, 0) is 9.71 Å². The van der Waals surface area contributed by atoms with Gasteiger partial charge in [-0.05, 0) is 66.6 Å². The molecule has 0 aliphatic heterocycles. The van der Waals surface area contributed by atoms with Gasteiger partial charge in [0.1, 0.15) is 5.69 Å². The number of carbonyl (C=O) groups excluding carboxylic acids is 1. The molecule has 2 N–H and O–H groups in total. The van der Waals surface area contributed by atoms with Gasteiger partial charge in [0.25, 0.3) is 5.91 Å². The van der Waals surface area contributed by atoms with E-state index in [0.29, 0.717) is 22.2 Å². The molecule has 1 amide bonds. The third kappa shape index (κ3) is 3.59. The lowest BCUT2D eigenvalue weighted by atomic mass is 10.0. The molecule has 0 spiro atoms. The zero-order valence-electron chi connectivity index (χ0n) is 15.7. The van der Waals surface area contributed by atoms with Crippen molar-refractivity contribution in [3.8, 4) is 5.69 Å². The van der Waals surface area contributed by atoms with Crippen LogP contribution in [0.3, 0.4) is 0 Å². The Morgan fingerprint density at radius 2 is 1.96 bits per heavy atom. The second-order valence-corrected chi connectivity index (χ2v) is 9.80. The number of aromatic nitrogens is 2. The van der Waals surface area contributed by atoms with E-state index in [9.17, 15) is 9.00 Å². The predicted octanol–water partition coefficient (Wildman–Crippen LogP) is 3.59. The van der Waals surface area contributed by atoms with Gasteiger partial charge in [0.2, 0.25) is 0 Å². The van der Waals surface area contributed by atoms with Crippen LogP contribution in [0, 0.1) is 0 Å². The summed E-state index contributed by atoms with van der Waals surface area (Å²) in [7, 11) is -0.837. The molecule has 1 unspecified atom stereocenters. The molecule has 1 fully saturated rings. The maximum Gasteiger partial charge on any atom is 0.270 e. The highest BCUT2D eigenvalue weighted by atomic mass is 35.5. The molecule has 1 atom stereocenters. The minimum Gasteiger partial charge on any atom is -0.354 e. The predicted molar refractivity (Wildman–Crippen MR) is 116 cm³/mol. The van der Waals surface area contributed by atoms with Gasteiger partial charge in [-0.2, -0.15) is 5.10 Å². The Hall–Kier alpha value is -2.51. The van der Waals surface area contributed by atoms with Crippen LogP contribution in [0.1, 0.15) is 34.8 Å². The standard InChI is InChI=1S/C20H21ClN4O2S/c1-22-20(26)19-16-10-15(12-4-5-12)18(24-28(2,3)27)11-17(16)23-25(19)14-8-6-13(21)7-9-14/h6-12H,2,4-5H2,1,3H3,(H,22,26)(H,24,27). The molecule has 0 bridgehead atoms. The van der Waals surface area contributed by atoms with Crippen molar-refractivity contribution in [2.45, 2.75) is 18.8 Å². The minimum atomic E-state index is -2.43. The van der Waals surface area contributed by atoms with E-state index in [1.54, 1.807) is 30.1 Å². The van der Waals surface area contributed by atoms with Gasteiger partial charge in [0.05, 0.1) is 16.9 Å². The van der Waals surface area contributed by atoms with Crippen molar-refractivity contribution in [1.29, 1.82) is 0 Å². The summed E-state index contributed by atoms with van der Waals surface area (Å²) in [6, 6.07) is 11.0. The minimum absolute atomic E-state index is 0.226. The van der Waals surface area contributed by atoms with Gasteiger partial charge in [-0.15, -0.1) is 0 Å². The maximum absolute atomic E-state index is 12.7. The van der Waals surface area contributed by atoms with Gasteiger partial charge in [-0.1, -0.05) is 11.6 Å². The van der Waals surface area contributed by atoms with Crippen molar-refractivity contribution in [2.75, 3.05) is 18.0 Å². The lowest BCUT2D eigenvalue weighted by molar-refractivity contribution is 0.0957. The van der Waals surface area contributed by atoms with E-state index in [2.05, 4.69) is 21.0 Å². The normalized spacial score (nSPS) is 16.0. The van der Waals surface area contributed by atoms with Crippen LogP contribution in [0.25, 0.3) is 16.6 Å². The summed E-state index contributed by atoms with van der Waals surface area (Å²) in [5.41, 5.74) is 3.65. The van der Waals surface area contributed by atoms with Crippen LogP contribution in [0.15, 0.2) is 36.4 Å². The third-order valence-electron chi connectivity index (χ3n) is 4.70. The fourth-order valence-electron chi connectivity index (χ4n) is 3.31. The van der Waals surface area contributed by atoms with Crippen molar-refractivity contribution in [3.63, 3.8) is 0 Å². The highest BCUT2D eigenvalue weighted by Crippen LogP contribution is 2.45. The van der Waals surface area contributed by atoms with Gasteiger partial charge >= 0.3 is 0 Å². The molecule has 1 heterocycles. The van der Waals surface area contributed by atoms with E-state index in [0.717, 1.165) is 35.2 Å². The van der Waals surface area contributed by atoms with Gasteiger partial charge in [-0.25, -0.2) is 8.89 Å². The third-order valence-corrected chi connectivity index (χ3v) is 5.60. The maximum atomic E-state index is 12.7. The Kier molecular flexibility index (Phi) is 4.59. The monoisotopic (exact) mass is 416 g/mol. The van der Waals surface area contributed by atoms with E-state index in [1.165, 1.54) is 0 Å². The molecule has 4 rings (SSSR count). The Bertz CT molecular complexity index is 1180. The summed E-state index contributed by atoms with van der Waals surface area (Å²) in [5.74, 6) is 3.87. The second-order valence-electron chi connectivity index (χ2n) is 7.15. The van der Waals surface area contributed by atoms with Gasteiger partial charge in [0, 0.05) is 33.4 Å². The number of halogens is 1. The lowest BCUT2D eigenvalue weighted by Gasteiger charge is -2.13. The molecule has 3 aromatic rings. The zero-order valence-corrected chi connectivity index (χ0v) is 17.2. The van der Waals surface area contributed by atoms with Gasteiger partial charge in [0.15, 0.2) is 0 Å². The van der Waals surface area contributed by atoms with Crippen molar-refractivity contribution in [2.24, 2.45) is 0 Å². The number of fused-ring (bicyclic) bond motifs is 1. The van der Waals surface area contributed by atoms with Crippen LogP contribution in [0.2, 0.25) is 5.02 Å². The Morgan fingerprint density at radius 1 is 1.29 bits per heavy atom. The molecule has 0 radical (unpaired) electrons. The van der Waals surface area contributed by atoms with Crippen LogP contribution >= 0.6 is 11.6 Å². The van der Waals surface area contributed by atoms with Crippen molar-refractivity contribution in [3.05, 3.63) is 52.7 Å². The van der Waals surface area contributed by atoms with Crippen LogP contribution in [-0.4, -0.2) is 39.1 Å². The summed E-state index contributed by atoms with van der Waals surface area (Å²) < 4.78 is 16.9. The summed E-state index contributed by atoms with van der Waals surface area (Å²) in [6.07, 6.45) is 3.71. The fraction of sp³-hybridized carbons (Fsp3) is 0.250. The first kappa shape index (κ1) is 18.8. The van der Waals surface area contributed by atoms with E-state index in [-0.39, 0.29) is 5.91 Å². The van der Waals surface area contributed by atoms with Crippen molar-refractivity contribution >= 4 is 49.7 Å². The molecule has 146 valence electrons. The number of nitrogens with one attached hydrogen (secondary N) is 2. The first-order chi connectivity index (χ1) is 13.3. The topological polar surface area (TPSA) is 76.0 Å². The average Bonchev–Trinajstić information content (AvgIpc) is 3.41. The Balaban J connectivity index is 1.97. The molecule has 1 saturated carbocycles. The zero-order chi connectivity index (χ0) is 20.1. The molecule has 1 aliphatic rings. The number of benzene rings is 2. The van der Waals surface area contributed by atoms with E-state index < -0.39 is 9.71 Å². The number of hydrogen-bond donors (Lipinski definition) is 2. The van der Waals surface area contributed by atoms with Gasteiger partial charge in [-0.3, -0.25) is 4.79 Å². The number of amides is 1. The largest absolute Gasteiger partial charge is 0.354 e. The quantitative estimate of drug-likeness (QED) is 0.624. The highest BCUT2D eigenvalue weighted by Gasteiger charge is 2.29. The van der Waals surface area contributed by atoms with Crippen molar-refractivity contribution in [1.82, 2.24) is 15.1 Å². The smallest absolute Gasteiger partial charge is 0.270 e. The summed E-state index contributed by atoms with van der Waals surface area (Å²) in [5, 5.41) is 8.72. The summed E-state index contributed by atoms with van der Waals surface area (Å²) in [4.78, 5) is 12.7. The summed E-state index contributed by atoms with van der Waals surface area (Å²) in [6.45, 7) is 0. The van der Waals surface area contributed by atoms with Crippen LogP contribution in [0.5, 0.6) is 0 Å². The molecule has 0 saturated heterocycles. The van der Waals surface area contributed by atoms with E-state index in [1.807, 2.05) is 24.3 Å². The lowest BCUT2D eigenvalue weighted by Crippen LogP contribution is -2.21. The second kappa shape index (κ2) is 6.83. The molecular formula is C20H21ClN4O2S. The molecule has 2 aromatic carbocycles. The van der Waals surface area contributed by atoms with Crippen LogP contribution in [0.4, 0.5) is 5.69 Å².